The zero-order valence-electron chi connectivity index (χ0n) is 10.9. The lowest BCUT2D eigenvalue weighted by atomic mass is 10.1. The van der Waals surface area contributed by atoms with Crippen LogP contribution in [0.2, 0.25) is 0 Å². The lowest BCUT2D eigenvalue weighted by Crippen LogP contribution is -2.06. The predicted molar refractivity (Wildman–Crippen MR) is 74.1 cm³/mol. The van der Waals surface area contributed by atoms with Gasteiger partial charge in [-0.2, -0.15) is 5.26 Å². The minimum Gasteiger partial charge on any atom is -0.495 e. The van der Waals surface area contributed by atoms with Crippen LogP contribution in [0.25, 0.3) is 0 Å². The molecule has 106 valence electrons. The maximum Gasteiger partial charge on any atom is 0.353 e. The Morgan fingerprint density at radius 3 is 2.86 bits per heavy atom. The van der Waals surface area contributed by atoms with Gasteiger partial charge < -0.3 is 15.8 Å². The van der Waals surface area contributed by atoms with E-state index in [0.29, 0.717) is 5.75 Å². The number of nitrogens with two attached hydrogens (primary N) is 1. The molecular formula is C12H10N6O3. The molecule has 0 bridgehead atoms. The van der Waals surface area contributed by atoms with Crippen molar-refractivity contribution >= 4 is 23.0 Å². The molecule has 2 rings (SSSR count). The highest BCUT2D eigenvalue weighted by Gasteiger charge is 2.22. The molecule has 0 unspecified atom stereocenters. The van der Waals surface area contributed by atoms with E-state index in [2.05, 4.69) is 15.3 Å². The number of aromatic nitrogens is 2. The number of nitrogens with zero attached hydrogens (tertiary/aromatic N) is 4. The molecule has 0 aliphatic heterocycles. The number of benzene rings is 1. The van der Waals surface area contributed by atoms with Gasteiger partial charge in [-0.15, -0.1) is 0 Å². The lowest BCUT2D eigenvalue weighted by Gasteiger charge is -2.12. The highest BCUT2D eigenvalue weighted by atomic mass is 16.6. The molecule has 0 amide bonds. The number of nitrogens with one attached hydrogen (secondary N) is 1. The number of nitriles is 1. The molecule has 9 nitrogen and oxygen atoms in total. The maximum absolute atomic E-state index is 11.1. The zero-order chi connectivity index (χ0) is 15.4. The number of ether oxygens (including phenoxy) is 1. The fraction of sp³-hybridized carbons (Fsp3) is 0.0833. The molecule has 0 aliphatic carbocycles. The monoisotopic (exact) mass is 286 g/mol. The van der Waals surface area contributed by atoms with Gasteiger partial charge >= 0.3 is 5.69 Å². The zero-order valence-corrected chi connectivity index (χ0v) is 10.9. The first kappa shape index (κ1) is 14.0. The van der Waals surface area contributed by atoms with Crippen LogP contribution in [0.15, 0.2) is 24.5 Å². The summed E-state index contributed by atoms with van der Waals surface area (Å²) in [6.07, 6.45) is 1.09. The molecule has 21 heavy (non-hydrogen) atoms. The lowest BCUT2D eigenvalue weighted by molar-refractivity contribution is -0.383. The van der Waals surface area contributed by atoms with Gasteiger partial charge in [-0.3, -0.25) is 10.1 Å². The Balaban J connectivity index is 2.56. The van der Waals surface area contributed by atoms with Crippen LogP contribution in [0, 0.1) is 21.4 Å². The number of anilines is 3. The van der Waals surface area contributed by atoms with Crippen LogP contribution >= 0.6 is 0 Å². The van der Waals surface area contributed by atoms with E-state index in [1.54, 1.807) is 18.2 Å². The first-order valence-corrected chi connectivity index (χ1v) is 5.67. The molecule has 0 spiro atoms. The smallest absolute Gasteiger partial charge is 0.353 e. The van der Waals surface area contributed by atoms with Gasteiger partial charge in [0.05, 0.1) is 17.6 Å². The molecule has 0 fully saturated rings. The van der Waals surface area contributed by atoms with Crippen molar-refractivity contribution in [2.45, 2.75) is 0 Å². The molecule has 9 heteroatoms. The molecular weight excluding hydrogens is 276 g/mol. The SMILES string of the molecule is COc1cccc(C#N)c1Nc1ncnc(N)c1[N+](=O)[O-]. The molecule has 3 N–H and O–H groups in total. The number of nitrogen functional groups attached to an aromatic ring is 1. The predicted octanol–water partition coefficient (Wildman–Crippen LogP) is 1.59. The van der Waals surface area contributed by atoms with Crippen molar-refractivity contribution in [1.29, 1.82) is 5.26 Å². The van der Waals surface area contributed by atoms with Crippen LogP contribution in [0.4, 0.5) is 23.0 Å². The van der Waals surface area contributed by atoms with Gasteiger partial charge in [0.2, 0.25) is 11.6 Å². The Kier molecular flexibility index (Phi) is 3.80. The summed E-state index contributed by atoms with van der Waals surface area (Å²) in [4.78, 5) is 17.7. The van der Waals surface area contributed by atoms with Crippen LogP contribution in [-0.2, 0) is 0 Å². The summed E-state index contributed by atoms with van der Waals surface area (Å²) in [5.74, 6) is -0.0417. The van der Waals surface area contributed by atoms with E-state index in [-0.39, 0.29) is 22.9 Å². The normalized spacial score (nSPS) is 9.71. The maximum atomic E-state index is 11.1. The average Bonchev–Trinajstić information content (AvgIpc) is 2.47. The van der Waals surface area contributed by atoms with Crippen LogP contribution in [0.3, 0.4) is 0 Å². The van der Waals surface area contributed by atoms with Gasteiger partial charge in [-0.05, 0) is 12.1 Å². The van der Waals surface area contributed by atoms with E-state index in [9.17, 15) is 10.1 Å². The van der Waals surface area contributed by atoms with Gasteiger partial charge in [0.25, 0.3) is 0 Å². The standard InChI is InChI=1S/C12H10N6O3/c1-21-8-4-2-3-7(5-13)9(8)17-12-10(18(19)20)11(14)15-6-16-12/h2-4,6H,1H3,(H3,14,15,16,17). The summed E-state index contributed by atoms with van der Waals surface area (Å²) in [5.41, 5.74) is 5.54. The van der Waals surface area contributed by atoms with Crippen LogP contribution in [-0.4, -0.2) is 22.0 Å². The summed E-state index contributed by atoms with van der Waals surface area (Å²) in [6.45, 7) is 0. The minimum atomic E-state index is -0.695. The van der Waals surface area contributed by atoms with Crippen molar-refractivity contribution < 1.29 is 9.66 Å². The second kappa shape index (κ2) is 5.70. The largest absolute Gasteiger partial charge is 0.495 e. The van der Waals surface area contributed by atoms with E-state index in [1.807, 2.05) is 6.07 Å². The summed E-state index contributed by atoms with van der Waals surface area (Å²) >= 11 is 0. The molecule has 1 aromatic carbocycles. The van der Waals surface area contributed by atoms with Gasteiger partial charge in [0, 0.05) is 0 Å². The molecule has 0 saturated carbocycles. The highest BCUT2D eigenvalue weighted by Crippen LogP contribution is 2.34. The number of nitro groups is 1. The van der Waals surface area contributed by atoms with E-state index in [4.69, 9.17) is 15.7 Å². The number of hydrogen-bond acceptors (Lipinski definition) is 8. The molecule has 1 aromatic heterocycles. The Bertz CT molecular complexity index is 740. The first-order chi connectivity index (χ1) is 10.1. The van der Waals surface area contributed by atoms with Crippen LogP contribution in [0.5, 0.6) is 5.75 Å². The Morgan fingerprint density at radius 1 is 1.48 bits per heavy atom. The first-order valence-electron chi connectivity index (χ1n) is 5.67. The van der Waals surface area contributed by atoms with Crippen LogP contribution < -0.4 is 15.8 Å². The van der Waals surface area contributed by atoms with Gasteiger partial charge in [-0.1, -0.05) is 6.07 Å². The van der Waals surface area contributed by atoms with Gasteiger partial charge in [0.1, 0.15) is 23.8 Å². The number of hydrogen-bond donors (Lipinski definition) is 2. The number of para-hydroxylation sites is 1. The van der Waals surface area contributed by atoms with Crippen molar-refractivity contribution in [3.63, 3.8) is 0 Å². The van der Waals surface area contributed by atoms with E-state index in [1.165, 1.54) is 7.11 Å². The van der Waals surface area contributed by atoms with Crippen molar-refractivity contribution in [1.82, 2.24) is 9.97 Å². The second-order valence-electron chi connectivity index (χ2n) is 3.83. The fourth-order valence-electron chi connectivity index (χ4n) is 1.71. The summed E-state index contributed by atoms with van der Waals surface area (Å²) in [5, 5.41) is 22.9. The van der Waals surface area contributed by atoms with Crippen molar-refractivity contribution in [2.75, 3.05) is 18.2 Å². The van der Waals surface area contributed by atoms with Gasteiger partial charge in [-0.25, -0.2) is 9.97 Å². The van der Waals surface area contributed by atoms with Crippen LogP contribution in [0.1, 0.15) is 5.56 Å². The number of methoxy groups -OCH3 is 1. The quantitative estimate of drug-likeness (QED) is 0.637. The van der Waals surface area contributed by atoms with Crippen molar-refractivity contribution in [2.24, 2.45) is 0 Å². The molecule has 0 aliphatic rings. The molecule has 1 heterocycles. The Labute approximate surface area is 119 Å². The van der Waals surface area contributed by atoms with E-state index >= 15 is 0 Å². The molecule has 0 radical (unpaired) electrons. The minimum absolute atomic E-state index is 0.117. The molecule has 2 aromatic rings. The van der Waals surface area contributed by atoms with E-state index in [0.717, 1.165) is 6.33 Å². The third-order valence-corrected chi connectivity index (χ3v) is 2.64. The third kappa shape index (κ3) is 2.64. The average molecular weight is 286 g/mol. The Morgan fingerprint density at radius 2 is 2.24 bits per heavy atom. The Hall–Kier alpha value is -3.41. The van der Waals surface area contributed by atoms with E-state index < -0.39 is 10.6 Å². The topological polar surface area (TPSA) is 140 Å². The van der Waals surface area contributed by atoms with Crippen molar-refractivity contribution in [3.8, 4) is 11.8 Å². The summed E-state index contributed by atoms with van der Waals surface area (Å²) in [6, 6.07) is 6.75. The summed E-state index contributed by atoms with van der Waals surface area (Å²) < 4.78 is 5.13. The third-order valence-electron chi connectivity index (χ3n) is 2.64. The summed E-state index contributed by atoms with van der Waals surface area (Å²) in [7, 11) is 1.42. The number of rotatable bonds is 4. The van der Waals surface area contributed by atoms with Gasteiger partial charge in [0.15, 0.2) is 0 Å². The molecule has 0 saturated heterocycles. The van der Waals surface area contributed by atoms with Crippen molar-refractivity contribution in [3.05, 3.63) is 40.2 Å². The fourth-order valence-corrected chi connectivity index (χ4v) is 1.71. The highest BCUT2D eigenvalue weighted by molar-refractivity contribution is 5.78. The second-order valence-corrected chi connectivity index (χ2v) is 3.83. The molecule has 0 atom stereocenters.